The summed E-state index contributed by atoms with van der Waals surface area (Å²) in [5.41, 5.74) is 0.977. The van der Waals surface area contributed by atoms with E-state index in [2.05, 4.69) is 17.2 Å². The lowest BCUT2D eigenvalue weighted by Gasteiger charge is -2.05. The maximum Gasteiger partial charge on any atom is 0.220 e. The van der Waals surface area contributed by atoms with Crippen LogP contribution in [-0.2, 0) is 11.3 Å². The molecule has 0 radical (unpaired) electrons. The molecule has 0 aliphatic heterocycles. The molecule has 1 aromatic rings. The molecule has 1 heterocycles. The van der Waals surface area contributed by atoms with Crippen LogP contribution in [0.4, 0.5) is 0 Å². The van der Waals surface area contributed by atoms with E-state index in [0.717, 1.165) is 18.4 Å². The lowest BCUT2D eigenvalue weighted by molar-refractivity contribution is -0.121. The Balaban J connectivity index is 2.33. The van der Waals surface area contributed by atoms with Crippen LogP contribution in [0.15, 0.2) is 18.3 Å². The lowest BCUT2D eigenvalue weighted by atomic mass is 10.2. The summed E-state index contributed by atoms with van der Waals surface area (Å²) in [6.07, 6.45) is 4.28. The van der Waals surface area contributed by atoms with Gasteiger partial charge in [-0.1, -0.05) is 19.4 Å². The average Bonchev–Trinajstić information content (AvgIpc) is 2.34. The number of nitrogens with one attached hydrogen (secondary N) is 1. The minimum absolute atomic E-state index is 0.0951. The van der Waals surface area contributed by atoms with Gasteiger partial charge in [-0.05, 0) is 12.0 Å². The average molecular weight is 222 g/mol. The number of hydrogen-bond donors (Lipinski definition) is 1. The fraction of sp³-hybridized carbons (Fsp3) is 0.500. The smallest absolute Gasteiger partial charge is 0.220 e. The Hall–Kier alpha value is -1.58. The molecule has 0 aliphatic rings. The van der Waals surface area contributed by atoms with E-state index in [1.807, 2.05) is 6.07 Å². The van der Waals surface area contributed by atoms with Crippen molar-refractivity contribution in [1.29, 1.82) is 0 Å². The number of carbonyl (C=O) groups is 1. The van der Waals surface area contributed by atoms with Gasteiger partial charge in [0.25, 0.3) is 0 Å². The van der Waals surface area contributed by atoms with Gasteiger partial charge in [0.1, 0.15) is 0 Å². The summed E-state index contributed by atoms with van der Waals surface area (Å²) in [7, 11) is 1.58. The highest BCUT2D eigenvalue weighted by molar-refractivity contribution is 5.75. The van der Waals surface area contributed by atoms with Crippen LogP contribution in [0.2, 0.25) is 0 Å². The van der Waals surface area contributed by atoms with Crippen molar-refractivity contribution in [3.63, 3.8) is 0 Å². The fourth-order valence-electron chi connectivity index (χ4n) is 1.26. The highest BCUT2D eigenvalue weighted by Gasteiger charge is 2.00. The number of pyridine rings is 1. The Morgan fingerprint density at radius 1 is 1.50 bits per heavy atom. The third-order valence-electron chi connectivity index (χ3n) is 2.25. The van der Waals surface area contributed by atoms with Crippen LogP contribution >= 0.6 is 0 Å². The second-order valence-electron chi connectivity index (χ2n) is 3.59. The van der Waals surface area contributed by atoms with Crippen molar-refractivity contribution in [1.82, 2.24) is 10.3 Å². The zero-order valence-electron chi connectivity index (χ0n) is 9.82. The molecule has 0 bridgehead atoms. The summed E-state index contributed by atoms with van der Waals surface area (Å²) in [6, 6.07) is 3.68. The van der Waals surface area contributed by atoms with E-state index in [1.165, 1.54) is 0 Å². The molecular weight excluding hydrogens is 204 g/mol. The first kappa shape index (κ1) is 12.5. The second-order valence-corrected chi connectivity index (χ2v) is 3.59. The number of methoxy groups -OCH3 is 1. The van der Waals surface area contributed by atoms with Crippen molar-refractivity contribution in [2.75, 3.05) is 7.11 Å². The van der Waals surface area contributed by atoms with Crippen molar-refractivity contribution in [3.8, 4) is 5.88 Å². The summed E-state index contributed by atoms with van der Waals surface area (Å²) < 4.78 is 4.95. The second kappa shape index (κ2) is 6.82. The lowest BCUT2D eigenvalue weighted by Crippen LogP contribution is -2.22. The molecule has 16 heavy (non-hydrogen) atoms. The third kappa shape index (κ3) is 4.29. The minimum Gasteiger partial charge on any atom is -0.481 e. The van der Waals surface area contributed by atoms with Gasteiger partial charge in [-0.25, -0.2) is 4.98 Å². The molecular formula is C12H18N2O2. The number of ether oxygens (including phenoxy) is 1. The molecule has 0 saturated carbocycles. The van der Waals surface area contributed by atoms with Gasteiger partial charge in [0.05, 0.1) is 7.11 Å². The van der Waals surface area contributed by atoms with Crippen molar-refractivity contribution in [3.05, 3.63) is 23.9 Å². The summed E-state index contributed by atoms with van der Waals surface area (Å²) in [5.74, 6) is 0.679. The number of amides is 1. The number of nitrogens with zero attached hydrogens (tertiary/aromatic N) is 1. The Bertz CT molecular complexity index is 322. The van der Waals surface area contributed by atoms with E-state index in [9.17, 15) is 4.79 Å². The van der Waals surface area contributed by atoms with E-state index >= 15 is 0 Å². The Kier molecular flexibility index (Phi) is 5.32. The monoisotopic (exact) mass is 222 g/mol. The molecule has 4 heteroatoms. The van der Waals surface area contributed by atoms with Crippen LogP contribution in [0.5, 0.6) is 5.88 Å². The van der Waals surface area contributed by atoms with Crippen LogP contribution in [-0.4, -0.2) is 18.0 Å². The quantitative estimate of drug-likeness (QED) is 0.799. The van der Waals surface area contributed by atoms with Gasteiger partial charge in [-0.2, -0.15) is 0 Å². The van der Waals surface area contributed by atoms with Crippen LogP contribution < -0.4 is 10.1 Å². The molecule has 0 spiro atoms. The predicted octanol–water partition coefficient (Wildman–Crippen LogP) is 1.90. The first-order chi connectivity index (χ1) is 7.76. The Morgan fingerprint density at radius 3 is 2.88 bits per heavy atom. The van der Waals surface area contributed by atoms with Gasteiger partial charge in [0.2, 0.25) is 11.8 Å². The highest BCUT2D eigenvalue weighted by Crippen LogP contribution is 2.06. The van der Waals surface area contributed by atoms with E-state index in [0.29, 0.717) is 18.8 Å². The molecule has 88 valence electrons. The molecule has 0 unspecified atom stereocenters. The predicted molar refractivity (Wildman–Crippen MR) is 62.2 cm³/mol. The first-order valence-corrected chi connectivity index (χ1v) is 5.52. The number of aromatic nitrogens is 1. The standard InChI is InChI=1S/C12H18N2O2/c1-3-4-5-11(15)13-8-10-6-7-12(16-2)14-9-10/h6-7,9H,3-5,8H2,1-2H3,(H,13,15). The molecule has 1 rings (SSSR count). The van der Waals surface area contributed by atoms with Crippen molar-refractivity contribution < 1.29 is 9.53 Å². The molecule has 0 aromatic carbocycles. The van der Waals surface area contributed by atoms with Crippen molar-refractivity contribution in [2.24, 2.45) is 0 Å². The summed E-state index contributed by atoms with van der Waals surface area (Å²) in [6.45, 7) is 2.60. The minimum atomic E-state index is 0.0951. The van der Waals surface area contributed by atoms with Gasteiger partial charge in [-0.15, -0.1) is 0 Å². The van der Waals surface area contributed by atoms with Crippen molar-refractivity contribution >= 4 is 5.91 Å². The molecule has 0 fully saturated rings. The highest BCUT2D eigenvalue weighted by atomic mass is 16.5. The summed E-state index contributed by atoms with van der Waals surface area (Å²) in [4.78, 5) is 15.4. The van der Waals surface area contributed by atoms with E-state index in [-0.39, 0.29) is 5.91 Å². The zero-order chi connectivity index (χ0) is 11.8. The first-order valence-electron chi connectivity index (χ1n) is 5.52. The maximum absolute atomic E-state index is 11.3. The number of hydrogen-bond acceptors (Lipinski definition) is 3. The van der Waals surface area contributed by atoms with Gasteiger partial charge < -0.3 is 10.1 Å². The van der Waals surface area contributed by atoms with Gasteiger partial charge in [0.15, 0.2) is 0 Å². The zero-order valence-corrected chi connectivity index (χ0v) is 9.82. The molecule has 0 aliphatic carbocycles. The number of carbonyl (C=O) groups excluding carboxylic acids is 1. The van der Waals surface area contributed by atoms with Gasteiger partial charge in [-0.3, -0.25) is 4.79 Å². The van der Waals surface area contributed by atoms with Crippen molar-refractivity contribution in [2.45, 2.75) is 32.7 Å². The van der Waals surface area contributed by atoms with Crippen LogP contribution in [0, 0.1) is 0 Å². The molecule has 1 N–H and O–H groups in total. The van der Waals surface area contributed by atoms with E-state index in [1.54, 1.807) is 19.4 Å². The molecule has 1 amide bonds. The summed E-state index contributed by atoms with van der Waals surface area (Å²) in [5, 5.41) is 2.85. The fourth-order valence-corrected chi connectivity index (χ4v) is 1.26. The third-order valence-corrected chi connectivity index (χ3v) is 2.25. The SMILES string of the molecule is CCCCC(=O)NCc1ccc(OC)nc1. The maximum atomic E-state index is 11.3. The topological polar surface area (TPSA) is 51.2 Å². The van der Waals surface area contributed by atoms with Gasteiger partial charge >= 0.3 is 0 Å². The Labute approximate surface area is 96.0 Å². The normalized spacial score (nSPS) is 9.88. The number of rotatable bonds is 6. The number of unbranched alkanes of at least 4 members (excludes halogenated alkanes) is 1. The largest absolute Gasteiger partial charge is 0.481 e. The molecule has 0 saturated heterocycles. The van der Waals surface area contributed by atoms with Crippen LogP contribution in [0.25, 0.3) is 0 Å². The molecule has 0 atom stereocenters. The molecule has 4 nitrogen and oxygen atoms in total. The van der Waals surface area contributed by atoms with Crippen LogP contribution in [0.1, 0.15) is 31.7 Å². The van der Waals surface area contributed by atoms with Gasteiger partial charge in [0, 0.05) is 25.2 Å². The Morgan fingerprint density at radius 2 is 2.31 bits per heavy atom. The van der Waals surface area contributed by atoms with E-state index in [4.69, 9.17) is 4.74 Å². The molecule has 1 aromatic heterocycles. The summed E-state index contributed by atoms with van der Waals surface area (Å²) >= 11 is 0. The van der Waals surface area contributed by atoms with E-state index < -0.39 is 0 Å². The van der Waals surface area contributed by atoms with Crippen LogP contribution in [0.3, 0.4) is 0 Å².